The quantitative estimate of drug-likeness (QED) is 0.503. The number of rotatable bonds is 2. The highest BCUT2D eigenvalue weighted by molar-refractivity contribution is 6.30. The maximum Gasteiger partial charge on any atom is 0.274 e. The summed E-state index contributed by atoms with van der Waals surface area (Å²) in [5.41, 5.74) is 6.05. The van der Waals surface area contributed by atoms with Gasteiger partial charge in [-0.3, -0.25) is 9.48 Å². The maximum absolute atomic E-state index is 13.2. The first-order valence-corrected chi connectivity index (χ1v) is 9.96. The molecular formula is C22H20ClN5O. The van der Waals surface area contributed by atoms with Crippen LogP contribution in [-0.4, -0.2) is 36.7 Å². The second-order valence-electron chi connectivity index (χ2n) is 7.45. The first-order valence-electron chi connectivity index (χ1n) is 9.58. The van der Waals surface area contributed by atoms with Gasteiger partial charge in [-0.2, -0.15) is 10.2 Å². The van der Waals surface area contributed by atoms with Crippen LogP contribution in [0.15, 0.2) is 55.0 Å². The van der Waals surface area contributed by atoms with Gasteiger partial charge in [0, 0.05) is 31.5 Å². The molecule has 4 heterocycles. The molecule has 146 valence electrons. The topological polar surface area (TPSA) is 55.4 Å². The van der Waals surface area contributed by atoms with Crippen LogP contribution in [0.2, 0.25) is 5.02 Å². The molecule has 1 unspecified atom stereocenters. The summed E-state index contributed by atoms with van der Waals surface area (Å²) in [5, 5.41) is 9.33. The molecule has 7 heteroatoms. The number of hydrogen-bond donors (Lipinski definition) is 0. The first kappa shape index (κ1) is 17.9. The molecule has 0 fully saturated rings. The van der Waals surface area contributed by atoms with E-state index < -0.39 is 0 Å². The van der Waals surface area contributed by atoms with Crippen molar-refractivity contribution in [2.75, 3.05) is 6.54 Å². The Morgan fingerprint density at radius 3 is 2.86 bits per heavy atom. The van der Waals surface area contributed by atoms with Crippen LogP contribution in [0.25, 0.3) is 16.6 Å². The normalized spacial score (nSPS) is 16.2. The Morgan fingerprint density at radius 1 is 1.21 bits per heavy atom. The largest absolute Gasteiger partial charge is 0.330 e. The SMILES string of the molecule is CC1c2cccc(-c3cnn(C)c3)c2CCN1C(=O)c1cc2ccc(Cl)cn2n1. The van der Waals surface area contributed by atoms with E-state index in [4.69, 9.17) is 11.6 Å². The predicted octanol–water partition coefficient (Wildman–Crippen LogP) is 4.15. The molecule has 0 radical (unpaired) electrons. The van der Waals surface area contributed by atoms with Gasteiger partial charge in [-0.05, 0) is 48.2 Å². The number of aryl methyl sites for hydroxylation is 1. The standard InChI is InChI=1S/C22H20ClN5O/c1-14-18-4-3-5-19(15-11-24-26(2)12-15)20(18)8-9-27(14)22(29)21-10-17-7-6-16(23)13-28(17)25-21/h3-7,10-14H,8-9H2,1-2H3. The molecule has 1 aliphatic rings. The van der Waals surface area contributed by atoms with Gasteiger partial charge in [-0.25, -0.2) is 4.52 Å². The van der Waals surface area contributed by atoms with Crippen LogP contribution in [0, 0.1) is 0 Å². The van der Waals surface area contributed by atoms with Gasteiger partial charge in [0.1, 0.15) is 0 Å². The summed E-state index contributed by atoms with van der Waals surface area (Å²) >= 11 is 6.04. The number of pyridine rings is 1. The number of carbonyl (C=O) groups is 1. The van der Waals surface area contributed by atoms with E-state index in [1.54, 1.807) is 16.8 Å². The van der Waals surface area contributed by atoms with Crippen molar-refractivity contribution in [1.29, 1.82) is 0 Å². The number of nitrogens with zero attached hydrogens (tertiary/aromatic N) is 5. The van der Waals surface area contributed by atoms with Crippen molar-refractivity contribution >= 4 is 23.0 Å². The van der Waals surface area contributed by atoms with Crippen LogP contribution in [0.5, 0.6) is 0 Å². The Kier molecular flexibility index (Phi) is 4.17. The van der Waals surface area contributed by atoms with E-state index >= 15 is 0 Å². The van der Waals surface area contributed by atoms with Crippen molar-refractivity contribution in [3.05, 3.63) is 76.8 Å². The molecule has 0 bridgehead atoms. The smallest absolute Gasteiger partial charge is 0.274 e. The number of carbonyl (C=O) groups excluding carboxylic acids is 1. The average molecular weight is 406 g/mol. The van der Waals surface area contributed by atoms with E-state index in [2.05, 4.69) is 35.3 Å². The molecule has 0 saturated heterocycles. The molecule has 29 heavy (non-hydrogen) atoms. The van der Waals surface area contributed by atoms with Gasteiger partial charge in [0.15, 0.2) is 5.69 Å². The van der Waals surface area contributed by atoms with E-state index in [1.165, 1.54) is 16.7 Å². The second kappa shape index (κ2) is 6.74. The molecule has 1 atom stereocenters. The third-order valence-electron chi connectivity index (χ3n) is 5.65. The number of hydrogen-bond acceptors (Lipinski definition) is 3. The number of halogens is 1. The van der Waals surface area contributed by atoms with Gasteiger partial charge in [0.05, 0.1) is 22.8 Å². The molecule has 0 saturated carbocycles. The van der Waals surface area contributed by atoms with Crippen molar-refractivity contribution < 1.29 is 4.79 Å². The highest BCUT2D eigenvalue weighted by atomic mass is 35.5. The van der Waals surface area contributed by atoms with Crippen LogP contribution in [0.1, 0.15) is 34.6 Å². The van der Waals surface area contributed by atoms with Crippen molar-refractivity contribution in [2.45, 2.75) is 19.4 Å². The molecule has 1 aliphatic heterocycles. The van der Waals surface area contributed by atoms with Crippen LogP contribution in [0.3, 0.4) is 0 Å². The molecular weight excluding hydrogens is 386 g/mol. The summed E-state index contributed by atoms with van der Waals surface area (Å²) in [6, 6.07) is 11.7. The van der Waals surface area contributed by atoms with Crippen LogP contribution in [0.4, 0.5) is 0 Å². The van der Waals surface area contributed by atoms with Gasteiger partial charge in [-0.15, -0.1) is 0 Å². The molecule has 0 spiro atoms. The molecule has 0 aliphatic carbocycles. The minimum absolute atomic E-state index is 0.0312. The Labute approximate surface area is 173 Å². The molecule has 3 aromatic heterocycles. The molecule has 0 N–H and O–H groups in total. The fraction of sp³-hybridized carbons (Fsp3) is 0.227. The predicted molar refractivity (Wildman–Crippen MR) is 112 cm³/mol. The van der Waals surface area contributed by atoms with Crippen molar-refractivity contribution in [2.24, 2.45) is 7.05 Å². The number of benzene rings is 1. The van der Waals surface area contributed by atoms with Crippen LogP contribution < -0.4 is 0 Å². The van der Waals surface area contributed by atoms with Crippen molar-refractivity contribution in [3.8, 4) is 11.1 Å². The zero-order chi connectivity index (χ0) is 20.1. The Morgan fingerprint density at radius 2 is 2.07 bits per heavy atom. The highest BCUT2D eigenvalue weighted by Gasteiger charge is 2.31. The average Bonchev–Trinajstić information content (AvgIpc) is 3.33. The highest BCUT2D eigenvalue weighted by Crippen LogP contribution is 2.36. The number of fused-ring (bicyclic) bond motifs is 2. The van der Waals surface area contributed by atoms with E-state index in [0.717, 1.165) is 17.5 Å². The van der Waals surface area contributed by atoms with Gasteiger partial charge in [0.2, 0.25) is 0 Å². The van der Waals surface area contributed by atoms with E-state index in [1.807, 2.05) is 41.2 Å². The van der Waals surface area contributed by atoms with Crippen LogP contribution >= 0.6 is 11.6 Å². The molecule has 1 aromatic carbocycles. The molecule has 6 nitrogen and oxygen atoms in total. The fourth-order valence-electron chi connectivity index (χ4n) is 4.19. The lowest BCUT2D eigenvalue weighted by molar-refractivity contribution is 0.0671. The first-order chi connectivity index (χ1) is 14.0. The third-order valence-corrected chi connectivity index (χ3v) is 5.88. The summed E-state index contributed by atoms with van der Waals surface area (Å²) in [5.74, 6) is -0.0604. The van der Waals surface area contributed by atoms with Crippen molar-refractivity contribution in [1.82, 2.24) is 24.3 Å². The van der Waals surface area contributed by atoms with Gasteiger partial charge < -0.3 is 4.90 Å². The Balaban J connectivity index is 1.49. The summed E-state index contributed by atoms with van der Waals surface area (Å²) in [6.07, 6.45) is 6.43. The summed E-state index contributed by atoms with van der Waals surface area (Å²) in [4.78, 5) is 15.1. The van der Waals surface area contributed by atoms with E-state index in [-0.39, 0.29) is 11.9 Å². The minimum Gasteiger partial charge on any atom is -0.330 e. The van der Waals surface area contributed by atoms with Crippen molar-refractivity contribution in [3.63, 3.8) is 0 Å². The molecule has 4 aromatic rings. The molecule has 5 rings (SSSR count). The lowest BCUT2D eigenvalue weighted by Gasteiger charge is -2.35. The Hall–Kier alpha value is -3.12. The maximum atomic E-state index is 13.2. The summed E-state index contributed by atoms with van der Waals surface area (Å²) in [7, 11) is 1.92. The van der Waals surface area contributed by atoms with E-state index in [9.17, 15) is 4.79 Å². The van der Waals surface area contributed by atoms with E-state index in [0.29, 0.717) is 17.3 Å². The van der Waals surface area contributed by atoms with Crippen LogP contribution in [-0.2, 0) is 13.5 Å². The summed E-state index contributed by atoms with van der Waals surface area (Å²) < 4.78 is 3.46. The van der Waals surface area contributed by atoms with Gasteiger partial charge in [0.25, 0.3) is 5.91 Å². The summed E-state index contributed by atoms with van der Waals surface area (Å²) in [6.45, 7) is 2.73. The monoisotopic (exact) mass is 405 g/mol. The lowest BCUT2D eigenvalue weighted by Crippen LogP contribution is -2.39. The third kappa shape index (κ3) is 3.00. The number of aromatic nitrogens is 4. The minimum atomic E-state index is -0.0604. The van der Waals surface area contributed by atoms with Gasteiger partial charge in [-0.1, -0.05) is 29.8 Å². The Bertz CT molecular complexity index is 1240. The number of amides is 1. The second-order valence-corrected chi connectivity index (χ2v) is 7.88. The fourth-order valence-corrected chi connectivity index (χ4v) is 4.35. The zero-order valence-electron chi connectivity index (χ0n) is 16.2. The lowest BCUT2D eigenvalue weighted by atomic mass is 9.88. The molecule has 1 amide bonds. The van der Waals surface area contributed by atoms with Gasteiger partial charge >= 0.3 is 0 Å². The zero-order valence-corrected chi connectivity index (χ0v) is 17.0.